The number of aliphatic carboxylic acids is 1. The highest BCUT2D eigenvalue weighted by Gasteiger charge is 2.37. The van der Waals surface area contributed by atoms with Crippen molar-refractivity contribution >= 4 is 16.8 Å². The van der Waals surface area contributed by atoms with Crippen LogP contribution in [0.15, 0.2) is 22.8 Å². The molecule has 6 heteroatoms. The van der Waals surface area contributed by atoms with Crippen LogP contribution in [0.2, 0.25) is 0 Å². The predicted octanol–water partition coefficient (Wildman–Crippen LogP) is 0.514. The van der Waals surface area contributed by atoms with Crippen LogP contribution in [-0.4, -0.2) is 32.3 Å². The normalized spacial score (nSPS) is 34.8. The average molecular weight is 243 g/mol. The lowest BCUT2D eigenvalue weighted by molar-refractivity contribution is -0.139. The van der Waals surface area contributed by atoms with Crippen LogP contribution in [0, 0.1) is 0 Å². The Morgan fingerprint density at radius 2 is 2.44 bits per heavy atom. The SMILES string of the molecule is CC1C(c2ccco2)NC(C(=O)O)CS1=O. The molecule has 4 unspecified atom stereocenters. The van der Waals surface area contributed by atoms with E-state index < -0.39 is 22.8 Å². The van der Waals surface area contributed by atoms with Crippen molar-refractivity contribution in [3.63, 3.8) is 0 Å². The van der Waals surface area contributed by atoms with Crippen molar-refractivity contribution < 1.29 is 18.5 Å². The van der Waals surface area contributed by atoms with E-state index in [1.165, 1.54) is 6.26 Å². The molecule has 0 aromatic carbocycles. The van der Waals surface area contributed by atoms with Gasteiger partial charge in [-0.25, -0.2) is 0 Å². The second-order valence-electron chi connectivity index (χ2n) is 3.80. The maximum atomic E-state index is 11.8. The molecule has 0 amide bonds. The molecule has 1 aromatic rings. The predicted molar refractivity (Wildman–Crippen MR) is 58.5 cm³/mol. The van der Waals surface area contributed by atoms with Crippen molar-refractivity contribution in [3.8, 4) is 0 Å². The quantitative estimate of drug-likeness (QED) is 0.791. The van der Waals surface area contributed by atoms with Gasteiger partial charge in [0.05, 0.1) is 17.6 Å². The minimum absolute atomic E-state index is 0.147. The van der Waals surface area contributed by atoms with Crippen LogP contribution in [0.25, 0.3) is 0 Å². The molecule has 88 valence electrons. The standard InChI is InChI=1S/C10H13NO4S/c1-6-9(8-3-2-4-15-8)11-7(10(12)13)5-16(6)14/h2-4,6-7,9,11H,5H2,1H3,(H,12,13). The van der Waals surface area contributed by atoms with Crippen LogP contribution < -0.4 is 5.32 Å². The summed E-state index contributed by atoms with van der Waals surface area (Å²) in [5, 5.41) is 11.7. The first kappa shape index (κ1) is 11.3. The summed E-state index contributed by atoms with van der Waals surface area (Å²) >= 11 is 0. The van der Waals surface area contributed by atoms with E-state index in [9.17, 15) is 9.00 Å². The van der Waals surface area contributed by atoms with Crippen LogP contribution in [0.4, 0.5) is 0 Å². The fourth-order valence-corrected chi connectivity index (χ4v) is 3.18. The number of carbonyl (C=O) groups is 1. The zero-order valence-corrected chi connectivity index (χ0v) is 9.57. The summed E-state index contributed by atoms with van der Waals surface area (Å²) in [5.74, 6) is -0.197. The first-order valence-corrected chi connectivity index (χ1v) is 6.37. The molecular formula is C10H13NO4S. The van der Waals surface area contributed by atoms with Gasteiger partial charge in [-0.15, -0.1) is 0 Å². The van der Waals surface area contributed by atoms with Crippen LogP contribution in [0.1, 0.15) is 18.7 Å². The van der Waals surface area contributed by atoms with E-state index in [0.29, 0.717) is 5.76 Å². The smallest absolute Gasteiger partial charge is 0.321 e. The van der Waals surface area contributed by atoms with Crippen molar-refractivity contribution in [1.29, 1.82) is 0 Å². The minimum Gasteiger partial charge on any atom is -0.480 e. The van der Waals surface area contributed by atoms with E-state index in [-0.39, 0.29) is 17.0 Å². The Balaban J connectivity index is 2.23. The van der Waals surface area contributed by atoms with Gasteiger partial charge < -0.3 is 9.52 Å². The maximum Gasteiger partial charge on any atom is 0.321 e. The molecule has 0 bridgehead atoms. The average Bonchev–Trinajstić information content (AvgIpc) is 2.74. The number of rotatable bonds is 2. The van der Waals surface area contributed by atoms with E-state index in [1.807, 2.05) is 6.92 Å². The van der Waals surface area contributed by atoms with Gasteiger partial charge in [0, 0.05) is 16.6 Å². The Hall–Kier alpha value is -1.14. The molecular weight excluding hydrogens is 230 g/mol. The summed E-state index contributed by atoms with van der Waals surface area (Å²) in [5.41, 5.74) is 0. The van der Waals surface area contributed by atoms with Gasteiger partial charge in [-0.1, -0.05) is 0 Å². The monoisotopic (exact) mass is 243 g/mol. The molecule has 0 aliphatic carbocycles. The van der Waals surface area contributed by atoms with Crippen molar-refractivity contribution in [2.75, 3.05) is 5.75 Å². The van der Waals surface area contributed by atoms with Gasteiger partial charge in [-0.2, -0.15) is 0 Å². The van der Waals surface area contributed by atoms with Gasteiger partial charge in [0.25, 0.3) is 0 Å². The summed E-state index contributed by atoms with van der Waals surface area (Å²) in [6.07, 6.45) is 1.52. The zero-order valence-electron chi connectivity index (χ0n) is 8.75. The number of hydrogen-bond donors (Lipinski definition) is 2. The number of carboxylic acid groups (broad SMARTS) is 1. The Labute approximate surface area is 95.3 Å². The lowest BCUT2D eigenvalue weighted by atomic mass is 10.1. The summed E-state index contributed by atoms with van der Waals surface area (Å²) < 4.78 is 17.0. The Morgan fingerprint density at radius 1 is 1.69 bits per heavy atom. The van der Waals surface area contributed by atoms with Crippen LogP contribution in [0.5, 0.6) is 0 Å². The van der Waals surface area contributed by atoms with E-state index >= 15 is 0 Å². The minimum atomic E-state index is -1.15. The molecule has 0 radical (unpaired) electrons. The van der Waals surface area contributed by atoms with Gasteiger partial charge in [-0.05, 0) is 19.1 Å². The molecule has 1 fully saturated rings. The van der Waals surface area contributed by atoms with Gasteiger partial charge >= 0.3 is 5.97 Å². The molecule has 5 nitrogen and oxygen atoms in total. The van der Waals surface area contributed by atoms with E-state index in [4.69, 9.17) is 9.52 Å². The van der Waals surface area contributed by atoms with Gasteiger partial charge in [-0.3, -0.25) is 14.3 Å². The molecule has 1 aromatic heterocycles. The molecule has 2 heterocycles. The topological polar surface area (TPSA) is 79.5 Å². The fourth-order valence-electron chi connectivity index (χ4n) is 1.79. The van der Waals surface area contributed by atoms with Crippen LogP contribution >= 0.6 is 0 Å². The van der Waals surface area contributed by atoms with Gasteiger partial charge in [0.1, 0.15) is 11.8 Å². The molecule has 0 spiro atoms. The fraction of sp³-hybridized carbons (Fsp3) is 0.500. The Kier molecular flexibility index (Phi) is 3.11. The number of hydrogen-bond acceptors (Lipinski definition) is 4. The first-order valence-electron chi connectivity index (χ1n) is 4.99. The lowest BCUT2D eigenvalue weighted by Crippen LogP contribution is -2.52. The summed E-state index contributed by atoms with van der Waals surface area (Å²) in [4.78, 5) is 10.9. The molecule has 2 rings (SSSR count). The Morgan fingerprint density at radius 3 is 3.00 bits per heavy atom. The summed E-state index contributed by atoms with van der Waals surface area (Å²) in [7, 11) is -1.15. The number of furan rings is 1. The molecule has 1 aliphatic rings. The zero-order chi connectivity index (χ0) is 11.7. The first-order chi connectivity index (χ1) is 7.59. The molecule has 1 saturated heterocycles. The van der Waals surface area contributed by atoms with E-state index in [1.54, 1.807) is 12.1 Å². The van der Waals surface area contributed by atoms with E-state index in [2.05, 4.69) is 5.32 Å². The third-order valence-corrected chi connectivity index (χ3v) is 4.51. The largest absolute Gasteiger partial charge is 0.480 e. The third-order valence-electron chi connectivity index (χ3n) is 2.74. The van der Waals surface area contributed by atoms with Gasteiger partial charge in [0.2, 0.25) is 0 Å². The second-order valence-corrected chi connectivity index (χ2v) is 5.64. The van der Waals surface area contributed by atoms with Crippen molar-refractivity contribution in [3.05, 3.63) is 24.2 Å². The highest BCUT2D eigenvalue weighted by Crippen LogP contribution is 2.25. The van der Waals surface area contributed by atoms with Crippen LogP contribution in [-0.2, 0) is 15.6 Å². The van der Waals surface area contributed by atoms with Crippen molar-refractivity contribution in [2.24, 2.45) is 0 Å². The molecule has 1 aliphatic heterocycles. The van der Waals surface area contributed by atoms with Crippen molar-refractivity contribution in [1.82, 2.24) is 5.32 Å². The number of carboxylic acids is 1. The molecule has 16 heavy (non-hydrogen) atoms. The van der Waals surface area contributed by atoms with Crippen molar-refractivity contribution in [2.45, 2.75) is 24.3 Å². The summed E-state index contributed by atoms with van der Waals surface area (Å²) in [6, 6.07) is 2.42. The van der Waals surface area contributed by atoms with E-state index in [0.717, 1.165) is 0 Å². The molecule has 4 atom stereocenters. The van der Waals surface area contributed by atoms with Crippen LogP contribution in [0.3, 0.4) is 0 Å². The Bertz CT molecular complexity index is 403. The second kappa shape index (κ2) is 4.39. The maximum absolute atomic E-state index is 11.8. The third kappa shape index (κ3) is 2.03. The molecule has 2 N–H and O–H groups in total. The molecule has 0 saturated carbocycles. The highest BCUT2D eigenvalue weighted by atomic mass is 32.2. The number of nitrogens with one attached hydrogen (secondary N) is 1. The highest BCUT2D eigenvalue weighted by molar-refractivity contribution is 7.85. The summed E-state index contributed by atoms with van der Waals surface area (Å²) in [6.45, 7) is 1.83. The van der Waals surface area contributed by atoms with Gasteiger partial charge in [0.15, 0.2) is 0 Å². The lowest BCUT2D eigenvalue weighted by Gasteiger charge is -2.31.